The predicted molar refractivity (Wildman–Crippen MR) is 129 cm³/mol. The monoisotopic (exact) mass is 444 g/mol. The fourth-order valence-corrected chi connectivity index (χ4v) is 3.88. The van der Waals surface area contributed by atoms with E-state index < -0.39 is 0 Å². The molecule has 2 N–H and O–H groups in total. The number of carbonyl (C=O) groups excluding carboxylic acids is 1. The number of anilines is 2. The van der Waals surface area contributed by atoms with Gasteiger partial charge in [-0.05, 0) is 36.4 Å². The average molecular weight is 444 g/mol. The quantitative estimate of drug-likeness (QED) is 0.424. The first-order chi connectivity index (χ1) is 16.2. The minimum atomic E-state index is -0.306. The number of aromatic nitrogens is 4. The summed E-state index contributed by atoms with van der Waals surface area (Å²) in [5.74, 6) is -0.306. The summed E-state index contributed by atoms with van der Waals surface area (Å²) in [7, 11) is 0. The maximum atomic E-state index is 12.9. The lowest BCUT2D eigenvalue weighted by Crippen LogP contribution is -2.36. The number of benzene rings is 1. The van der Waals surface area contributed by atoms with E-state index in [1.165, 1.54) is 0 Å². The number of morpholine rings is 1. The largest absolute Gasteiger partial charge is 0.423 e. The molecule has 5 aromatic rings. The van der Waals surface area contributed by atoms with E-state index in [1.54, 1.807) is 24.4 Å². The number of carbonyl (C=O) groups is 1. The van der Waals surface area contributed by atoms with Crippen molar-refractivity contribution in [2.75, 3.05) is 36.5 Å². The number of hydrogen-bond acceptors (Lipinski definition) is 7. The third-order valence-electron chi connectivity index (χ3n) is 5.59. The summed E-state index contributed by atoms with van der Waals surface area (Å²) in [5.41, 5.74) is 4.61. The second-order valence-corrected chi connectivity index (χ2v) is 7.78. The van der Waals surface area contributed by atoms with Gasteiger partial charge in [-0.3, -0.25) is 4.79 Å². The van der Waals surface area contributed by atoms with Gasteiger partial charge in [-0.25, -0.2) is 9.97 Å². The topological polar surface area (TPSA) is 109 Å². The van der Waals surface area contributed by atoms with Crippen LogP contribution in [0.25, 0.3) is 33.4 Å². The number of nitrogens with zero attached hydrogens (tertiary/aromatic N) is 4. The van der Waals surface area contributed by atoms with Gasteiger partial charge in [0, 0.05) is 51.0 Å². The minimum Gasteiger partial charge on any atom is -0.423 e. The van der Waals surface area contributed by atoms with Gasteiger partial charge in [0.2, 0.25) is 0 Å². The molecule has 0 radical (unpaired) electrons. The van der Waals surface area contributed by atoms with Crippen molar-refractivity contribution in [3.63, 3.8) is 0 Å². The number of nitrogens with one attached hydrogen (secondary N) is 2. The first-order valence-electron chi connectivity index (χ1n) is 10.7. The highest BCUT2D eigenvalue weighted by atomic mass is 16.5. The molecule has 6 rings (SSSR count). The zero-order valence-corrected chi connectivity index (χ0v) is 17.6. The van der Waals surface area contributed by atoms with Crippen LogP contribution in [-0.2, 0) is 4.74 Å². The normalized spacial score (nSPS) is 14.1. The van der Waals surface area contributed by atoms with Crippen molar-refractivity contribution in [3.05, 3.63) is 66.6 Å². The van der Waals surface area contributed by atoms with Gasteiger partial charge in [-0.2, -0.15) is 4.98 Å². The number of fused-ring (bicyclic) bond motifs is 2. The molecule has 0 aliphatic carbocycles. The van der Waals surface area contributed by atoms with Crippen molar-refractivity contribution < 1.29 is 16.8 Å². The minimum absolute atomic E-state index is 0. The van der Waals surface area contributed by atoms with Crippen LogP contribution in [0.5, 0.6) is 0 Å². The molecule has 5 heterocycles. The molecule has 0 atom stereocenters. The van der Waals surface area contributed by atoms with Crippen LogP contribution >= 0.6 is 0 Å². The SMILES string of the molecule is O=C(Nc1ccc2nc(N3CCOCC3)oc2c1)c1cccc(-c2cnc3[nH]ccc3c2)n1.[HH].[HH]. The molecule has 4 aromatic heterocycles. The molecule has 9 heteroatoms. The number of rotatable bonds is 4. The Labute approximate surface area is 191 Å². The summed E-state index contributed by atoms with van der Waals surface area (Å²) in [5, 5.41) is 3.89. The Hall–Kier alpha value is -4.24. The maximum absolute atomic E-state index is 12.9. The molecule has 1 fully saturated rings. The van der Waals surface area contributed by atoms with Crippen LogP contribution < -0.4 is 10.2 Å². The summed E-state index contributed by atoms with van der Waals surface area (Å²) in [6.07, 6.45) is 3.58. The highest BCUT2D eigenvalue weighted by Gasteiger charge is 2.18. The van der Waals surface area contributed by atoms with E-state index in [1.807, 2.05) is 36.5 Å². The Morgan fingerprint density at radius 2 is 2.00 bits per heavy atom. The lowest BCUT2D eigenvalue weighted by atomic mass is 10.1. The molecule has 9 nitrogen and oxygen atoms in total. The van der Waals surface area contributed by atoms with Gasteiger partial charge in [-0.1, -0.05) is 6.07 Å². The van der Waals surface area contributed by atoms with Crippen LogP contribution in [0.3, 0.4) is 0 Å². The van der Waals surface area contributed by atoms with E-state index in [0.717, 1.165) is 35.2 Å². The summed E-state index contributed by atoms with van der Waals surface area (Å²) < 4.78 is 11.3. The summed E-state index contributed by atoms with van der Waals surface area (Å²) in [6.45, 7) is 2.79. The number of H-pyrrole nitrogens is 1. The number of ether oxygens (including phenoxy) is 1. The molecule has 1 aromatic carbocycles. The average Bonchev–Trinajstić information content (AvgIpc) is 3.51. The van der Waals surface area contributed by atoms with Crippen LogP contribution in [0, 0.1) is 0 Å². The zero-order valence-electron chi connectivity index (χ0n) is 17.6. The van der Waals surface area contributed by atoms with Crippen molar-refractivity contribution >= 4 is 39.7 Å². The Bertz CT molecular complexity index is 1480. The van der Waals surface area contributed by atoms with E-state index >= 15 is 0 Å². The summed E-state index contributed by atoms with van der Waals surface area (Å²) >= 11 is 0. The second-order valence-electron chi connectivity index (χ2n) is 7.78. The fourth-order valence-electron chi connectivity index (χ4n) is 3.88. The summed E-state index contributed by atoms with van der Waals surface area (Å²) in [6, 6.07) is 15.3. The van der Waals surface area contributed by atoms with Gasteiger partial charge in [0.05, 0.1) is 18.9 Å². The van der Waals surface area contributed by atoms with E-state index in [-0.39, 0.29) is 8.76 Å². The van der Waals surface area contributed by atoms with Crippen molar-refractivity contribution in [2.45, 2.75) is 0 Å². The van der Waals surface area contributed by atoms with Gasteiger partial charge in [0.15, 0.2) is 5.58 Å². The predicted octanol–water partition coefficient (Wildman–Crippen LogP) is 4.35. The van der Waals surface area contributed by atoms with E-state index in [9.17, 15) is 4.79 Å². The smallest absolute Gasteiger partial charge is 0.298 e. The first-order valence-corrected chi connectivity index (χ1v) is 10.7. The Balaban J connectivity index is 0.00000144. The number of oxazole rings is 1. The standard InChI is InChI=1S/C24H20N6O3.2H2/c31-23(20-3-1-2-18(28-20)16-12-15-6-7-25-22(15)26-14-16)27-17-4-5-19-21(13-17)33-24(29-19)30-8-10-32-11-9-30;;/h1-7,12-14H,8-11H2,(H,25,26)(H,27,31);2*1H. The molecule has 1 aliphatic heterocycles. The lowest BCUT2D eigenvalue weighted by molar-refractivity contribution is 0.102. The first kappa shape index (κ1) is 19.4. The fraction of sp³-hybridized carbons (Fsp3) is 0.167. The maximum Gasteiger partial charge on any atom is 0.298 e. The van der Waals surface area contributed by atoms with Crippen molar-refractivity contribution in [2.24, 2.45) is 0 Å². The molecule has 1 amide bonds. The molecule has 0 spiro atoms. The Morgan fingerprint density at radius 1 is 1.09 bits per heavy atom. The molecule has 0 bridgehead atoms. The molecule has 0 saturated carbocycles. The van der Waals surface area contributed by atoms with Crippen molar-refractivity contribution in [1.29, 1.82) is 0 Å². The van der Waals surface area contributed by atoms with E-state index in [4.69, 9.17) is 9.15 Å². The Morgan fingerprint density at radius 3 is 2.91 bits per heavy atom. The molecule has 168 valence electrons. The van der Waals surface area contributed by atoms with Gasteiger partial charge in [0.1, 0.15) is 16.9 Å². The summed E-state index contributed by atoms with van der Waals surface area (Å²) in [4.78, 5) is 31.5. The molecular weight excluding hydrogens is 420 g/mol. The van der Waals surface area contributed by atoms with Crippen molar-refractivity contribution in [1.82, 2.24) is 19.9 Å². The molecule has 1 saturated heterocycles. The molecule has 1 aliphatic rings. The number of hydrogen-bond donors (Lipinski definition) is 2. The van der Waals surface area contributed by atoms with Crippen LogP contribution in [-0.4, -0.2) is 52.1 Å². The third kappa shape index (κ3) is 3.79. The van der Waals surface area contributed by atoms with Gasteiger partial charge in [0.25, 0.3) is 11.9 Å². The van der Waals surface area contributed by atoms with Crippen LogP contribution in [0.4, 0.5) is 11.7 Å². The number of pyridine rings is 2. The molecule has 0 unspecified atom stereocenters. The number of aromatic amines is 1. The van der Waals surface area contributed by atoms with E-state index in [0.29, 0.717) is 41.9 Å². The van der Waals surface area contributed by atoms with Crippen LogP contribution in [0.1, 0.15) is 13.3 Å². The van der Waals surface area contributed by atoms with Crippen molar-refractivity contribution in [3.8, 4) is 11.3 Å². The van der Waals surface area contributed by atoms with Gasteiger partial charge in [-0.15, -0.1) is 0 Å². The highest BCUT2D eigenvalue weighted by Crippen LogP contribution is 2.26. The highest BCUT2D eigenvalue weighted by molar-refractivity contribution is 6.04. The zero-order chi connectivity index (χ0) is 22.2. The van der Waals surface area contributed by atoms with Gasteiger partial charge >= 0.3 is 0 Å². The third-order valence-corrected chi connectivity index (χ3v) is 5.59. The number of amides is 1. The van der Waals surface area contributed by atoms with Crippen LogP contribution in [0.2, 0.25) is 0 Å². The second kappa shape index (κ2) is 8.03. The van der Waals surface area contributed by atoms with Crippen LogP contribution in [0.15, 0.2) is 65.3 Å². The molecular formula is C24H24N6O3. The van der Waals surface area contributed by atoms with E-state index in [2.05, 4.69) is 30.2 Å². The van der Waals surface area contributed by atoms with Gasteiger partial charge < -0.3 is 24.4 Å². The molecule has 33 heavy (non-hydrogen) atoms. The lowest BCUT2D eigenvalue weighted by Gasteiger charge is -2.24. The Kier molecular flexibility index (Phi) is 4.73.